The summed E-state index contributed by atoms with van der Waals surface area (Å²) in [4.78, 5) is 33.5. The zero-order chi connectivity index (χ0) is 49.4. The fraction of sp³-hybridized carbons (Fsp3) is 0.378. The molecule has 4 aromatic rings. The van der Waals surface area contributed by atoms with Crippen molar-refractivity contribution >= 4 is 17.7 Å². The highest BCUT2D eigenvalue weighted by atomic mass is 32.2. The van der Waals surface area contributed by atoms with Crippen LogP contribution in [-0.2, 0) is 42.6 Å². The monoisotopic (exact) mass is 697 g/mol. The average molecular weight is 698 g/mol. The summed E-state index contributed by atoms with van der Waals surface area (Å²) in [6.45, 7) is -4.60. The maximum atomic E-state index is 14.7. The number of thioether (sulfide) groups is 1. The number of hydrogen-bond donors (Lipinski definition) is 0. The van der Waals surface area contributed by atoms with Crippen LogP contribution in [0.25, 0.3) is 11.1 Å². The molecule has 1 amide bonds. The predicted octanol–water partition coefficient (Wildman–Crippen LogP) is 7.53. The molecule has 0 unspecified atom stereocenters. The minimum atomic E-state index is -5.15. The molecule has 1 heterocycles. The van der Waals surface area contributed by atoms with Gasteiger partial charge in [-0.2, -0.15) is 18.2 Å². The van der Waals surface area contributed by atoms with Crippen molar-refractivity contribution in [1.82, 2.24) is 19.4 Å². The normalized spacial score (nSPS) is 18.8. The highest BCUT2D eigenvalue weighted by molar-refractivity contribution is 7.98. The average Bonchev–Trinajstić information content (AvgIpc) is 3.68. The molecular weight excluding hydrogens is 640 g/mol. The van der Waals surface area contributed by atoms with Gasteiger partial charge in [0.05, 0.1) is 20.6 Å². The molecule has 1 aromatic heterocycles. The molecular formula is C37H40F4N4O2S. The summed E-state index contributed by atoms with van der Waals surface area (Å²) in [5.74, 6) is -2.52. The Hall–Kier alpha value is -3.96. The Morgan fingerprint density at radius 1 is 0.979 bits per heavy atom. The summed E-state index contributed by atoms with van der Waals surface area (Å²) in [5, 5.41) is -0.502. The molecule has 0 N–H and O–H groups in total. The molecule has 0 bridgehead atoms. The van der Waals surface area contributed by atoms with Gasteiger partial charge in [0.2, 0.25) is 5.91 Å². The second-order valence-electron chi connectivity index (χ2n) is 10.5. The second-order valence-corrected chi connectivity index (χ2v) is 11.2. The number of amides is 1. The fourth-order valence-corrected chi connectivity index (χ4v) is 5.71. The number of likely N-dealkylation sites (N-methyl/N-ethyl adjacent to an activating group) is 1. The first kappa shape index (κ1) is 19.3. The minimum absolute atomic E-state index is 0.117. The van der Waals surface area contributed by atoms with Crippen LogP contribution in [0.2, 0.25) is 0 Å². The van der Waals surface area contributed by atoms with Gasteiger partial charge in [-0.1, -0.05) is 73.9 Å². The van der Waals surface area contributed by atoms with Crippen molar-refractivity contribution < 1.29 is 45.7 Å². The van der Waals surface area contributed by atoms with Crippen molar-refractivity contribution in [2.45, 2.75) is 70.2 Å². The Balaban J connectivity index is 1.67. The van der Waals surface area contributed by atoms with Crippen LogP contribution in [0.1, 0.15) is 77.1 Å². The number of rotatable bonds is 13. The third-order valence-electron chi connectivity index (χ3n) is 7.38. The molecule has 3 aromatic carbocycles. The number of halogens is 4. The van der Waals surface area contributed by atoms with Gasteiger partial charge in [-0.3, -0.25) is 9.59 Å². The molecule has 48 heavy (non-hydrogen) atoms. The third-order valence-corrected chi connectivity index (χ3v) is 8.18. The molecule has 254 valence electrons. The van der Waals surface area contributed by atoms with Gasteiger partial charge in [-0.15, -0.1) is 0 Å². The van der Waals surface area contributed by atoms with Gasteiger partial charge in [0.25, 0.3) is 5.56 Å². The van der Waals surface area contributed by atoms with Crippen LogP contribution in [0, 0.1) is 12.7 Å². The SMILES string of the molecule is [2H]c1c([2H])c(C([2H])([2H])Sc2nc(=O)c3c(n2CC(=O)N(CCN(C([2H])([2H])C)C([2H])([2H])C)Cc2c([2H])c([2H])c(-c4c([2H])c([2H])c(C(F)(F)F)c(C)c4[2H])c([2H])c2[2H])CCC3)c([2H])c([2H])c1F. The van der Waals surface area contributed by atoms with E-state index in [0.717, 1.165) is 35.1 Å². The van der Waals surface area contributed by atoms with Crippen molar-refractivity contribution in [3.05, 3.63) is 116 Å². The van der Waals surface area contributed by atoms with Crippen LogP contribution >= 0.6 is 11.8 Å². The number of hydrogen-bond acceptors (Lipinski definition) is 5. The molecule has 0 saturated heterocycles. The number of fused-ring (bicyclic) bond motifs is 1. The summed E-state index contributed by atoms with van der Waals surface area (Å²) in [6.07, 6.45) is -4.44. The van der Waals surface area contributed by atoms with Crippen LogP contribution < -0.4 is 5.56 Å². The van der Waals surface area contributed by atoms with Crippen molar-refractivity contribution in [1.29, 1.82) is 0 Å². The van der Waals surface area contributed by atoms with Gasteiger partial charge in [0.1, 0.15) is 12.4 Å². The van der Waals surface area contributed by atoms with E-state index in [1.165, 1.54) is 0 Å². The highest BCUT2D eigenvalue weighted by Gasteiger charge is 2.32. The molecule has 11 heteroatoms. The first-order valence-electron chi connectivity index (χ1n) is 23.1. The smallest absolute Gasteiger partial charge is 0.336 e. The van der Waals surface area contributed by atoms with Crippen LogP contribution in [0.4, 0.5) is 17.6 Å². The fourth-order valence-electron chi connectivity index (χ4n) is 5.00. The number of aromatic nitrogens is 2. The molecule has 0 aliphatic heterocycles. The van der Waals surface area contributed by atoms with E-state index < -0.39 is 173 Å². The van der Waals surface area contributed by atoms with E-state index in [1.807, 2.05) is 0 Å². The Labute approximate surface area is 306 Å². The Bertz CT molecular complexity index is 2570. The van der Waals surface area contributed by atoms with E-state index in [1.54, 1.807) is 0 Å². The lowest BCUT2D eigenvalue weighted by atomic mass is 9.98. The van der Waals surface area contributed by atoms with E-state index in [9.17, 15) is 27.2 Å². The summed E-state index contributed by atoms with van der Waals surface area (Å²) < 4.78 is 201. The van der Waals surface area contributed by atoms with Crippen LogP contribution in [0.3, 0.4) is 0 Å². The molecule has 1 aliphatic rings. The van der Waals surface area contributed by atoms with Crippen LogP contribution in [-0.4, -0.2) is 51.3 Å². The predicted molar refractivity (Wildman–Crippen MR) is 181 cm³/mol. The number of benzene rings is 3. The second kappa shape index (κ2) is 15.5. The highest BCUT2D eigenvalue weighted by Crippen LogP contribution is 2.34. The van der Waals surface area contributed by atoms with E-state index in [0.29, 0.717) is 6.42 Å². The van der Waals surface area contributed by atoms with Gasteiger partial charge < -0.3 is 14.4 Å². The zero-order valence-corrected chi connectivity index (χ0v) is 26.8. The zero-order valence-electron chi connectivity index (χ0n) is 43.0. The lowest BCUT2D eigenvalue weighted by Gasteiger charge is -2.28. The van der Waals surface area contributed by atoms with Crippen molar-refractivity contribution in [2.75, 3.05) is 26.1 Å². The van der Waals surface area contributed by atoms with E-state index in [4.69, 9.17) is 23.3 Å². The van der Waals surface area contributed by atoms with Gasteiger partial charge >= 0.3 is 6.18 Å². The lowest BCUT2D eigenvalue weighted by molar-refractivity contribution is -0.138. The molecule has 0 atom stereocenters. The van der Waals surface area contributed by atoms with Gasteiger partial charge in [0.15, 0.2) is 5.16 Å². The third kappa shape index (κ3) is 8.54. The number of nitrogens with zero attached hydrogens (tertiary/aromatic N) is 4. The number of carbonyl (C=O) groups is 1. The molecule has 1 aliphatic carbocycles. The summed E-state index contributed by atoms with van der Waals surface area (Å²) in [5.41, 5.74) is -8.81. The molecule has 5 rings (SSSR count). The number of alkyl halides is 3. The quantitative estimate of drug-likeness (QED) is 0.0822. The molecule has 0 saturated carbocycles. The standard InChI is InChI=1S/C37H40F4N4O2S/c1-4-43(5-2)19-20-44(22-26-9-13-28(14-10-26)29-15-18-32(25(3)21-29)37(39,40)41)34(46)23-45-33-8-6-7-31(33)35(47)42-36(45)48-24-27-11-16-30(38)17-12-27/h9-18,21H,4-8,19-20,22-24H2,1-3H3/i4D2,5D2,9D,10D,11D,12D,13D,14D,15D,16D,17D,18D,21D,24D2. The minimum Gasteiger partial charge on any atom is -0.336 e. The summed E-state index contributed by atoms with van der Waals surface area (Å²) in [7, 11) is 0. The van der Waals surface area contributed by atoms with Gasteiger partial charge in [-0.25, -0.2) is 4.39 Å². The van der Waals surface area contributed by atoms with Crippen LogP contribution in [0.5, 0.6) is 0 Å². The molecule has 6 nitrogen and oxygen atoms in total. The molecule has 0 radical (unpaired) electrons. The van der Waals surface area contributed by atoms with E-state index >= 15 is 0 Å². The lowest BCUT2D eigenvalue weighted by Crippen LogP contribution is -2.40. The largest absolute Gasteiger partial charge is 0.416 e. The van der Waals surface area contributed by atoms with E-state index in [-0.39, 0.29) is 35.9 Å². The van der Waals surface area contributed by atoms with Crippen molar-refractivity contribution in [2.24, 2.45) is 0 Å². The first-order valence-corrected chi connectivity index (χ1v) is 15.4. The van der Waals surface area contributed by atoms with E-state index in [2.05, 4.69) is 4.98 Å². The first-order chi connectivity index (χ1) is 29.7. The maximum Gasteiger partial charge on any atom is 0.416 e. The number of carbonyl (C=O) groups excluding carboxylic acids is 1. The summed E-state index contributed by atoms with van der Waals surface area (Å²) in [6, 6.07) is -11.7. The Kier molecular flexibility index (Phi) is 6.23. The molecule has 0 spiro atoms. The maximum absolute atomic E-state index is 14.7. The molecule has 0 fully saturated rings. The van der Waals surface area contributed by atoms with Crippen molar-refractivity contribution in [3.63, 3.8) is 0 Å². The van der Waals surface area contributed by atoms with Gasteiger partial charge in [0, 0.05) is 44.8 Å². The topological polar surface area (TPSA) is 58.4 Å². The van der Waals surface area contributed by atoms with Crippen molar-refractivity contribution in [3.8, 4) is 11.1 Å². The summed E-state index contributed by atoms with van der Waals surface area (Å²) >= 11 is 0.117. The Morgan fingerprint density at radius 3 is 2.31 bits per heavy atom. The Morgan fingerprint density at radius 2 is 1.65 bits per heavy atom. The van der Waals surface area contributed by atoms with Crippen LogP contribution in [0.15, 0.2) is 76.4 Å². The van der Waals surface area contributed by atoms with Gasteiger partial charge in [-0.05, 0) is 85.1 Å².